The standard InChI is InChI=1S/C6H14N2.C6H10O6/c7-5-3-1-2-4-6(5)8;1-11-5(9)3(7)4(8)6(10)12-2/h5-6H,1-4,7-8H2;3-4,7-8H,1-2H3/t5-,6-;3-,4-/m00/s1. The van der Waals surface area contributed by atoms with Crippen molar-refractivity contribution in [3.05, 3.63) is 0 Å². The molecule has 1 aliphatic carbocycles. The summed E-state index contributed by atoms with van der Waals surface area (Å²) in [5, 5.41) is 17.7. The summed E-state index contributed by atoms with van der Waals surface area (Å²) >= 11 is 0. The highest BCUT2D eigenvalue weighted by Crippen LogP contribution is 2.14. The Bertz CT molecular complexity index is 282. The average molecular weight is 292 g/mol. The zero-order valence-electron chi connectivity index (χ0n) is 11.8. The number of aliphatic hydroxyl groups excluding tert-OH is 2. The lowest BCUT2D eigenvalue weighted by molar-refractivity contribution is -0.169. The molecule has 0 saturated heterocycles. The monoisotopic (exact) mass is 292 g/mol. The lowest BCUT2D eigenvalue weighted by Crippen LogP contribution is -2.43. The Balaban J connectivity index is 0.000000388. The van der Waals surface area contributed by atoms with Gasteiger partial charge in [-0.15, -0.1) is 0 Å². The Kier molecular flexibility index (Phi) is 9.06. The molecule has 118 valence electrons. The molecule has 8 heteroatoms. The highest BCUT2D eigenvalue weighted by Gasteiger charge is 2.31. The van der Waals surface area contributed by atoms with E-state index in [4.69, 9.17) is 21.7 Å². The lowest BCUT2D eigenvalue weighted by Gasteiger charge is -2.24. The van der Waals surface area contributed by atoms with E-state index in [1.54, 1.807) is 0 Å². The molecule has 0 bridgehead atoms. The zero-order valence-corrected chi connectivity index (χ0v) is 11.8. The van der Waals surface area contributed by atoms with Crippen molar-refractivity contribution in [3.63, 3.8) is 0 Å². The van der Waals surface area contributed by atoms with Crippen LogP contribution < -0.4 is 11.5 Å². The highest BCUT2D eigenvalue weighted by molar-refractivity contribution is 5.85. The SMILES string of the molecule is COC(=O)[C@@H](O)[C@H](O)C(=O)OC.N[C@H]1CCCC[C@@H]1N. The van der Waals surface area contributed by atoms with Gasteiger partial charge in [0.1, 0.15) is 0 Å². The first-order valence-corrected chi connectivity index (χ1v) is 6.38. The molecule has 1 rings (SSSR count). The molecule has 0 aliphatic heterocycles. The van der Waals surface area contributed by atoms with Crippen molar-refractivity contribution in [2.24, 2.45) is 11.5 Å². The van der Waals surface area contributed by atoms with E-state index in [9.17, 15) is 9.59 Å². The van der Waals surface area contributed by atoms with Crippen LogP contribution in [0.25, 0.3) is 0 Å². The summed E-state index contributed by atoms with van der Waals surface area (Å²) in [6.45, 7) is 0. The zero-order chi connectivity index (χ0) is 15.7. The molecule has 4 atom stereocenters. The van der Waals surface area contributed by atoms with E-state index in [2.05, 4.69) is 9.47 Å². The van der Waals surface area contributed by atoms with Crippen LogP contribution in [0.3, 0.4) is 0 Å². The molecule has 8 nitrogen and oxygen atoms in total. The molecule has 0 aromatic carbocycles. The third-order valence-electron chi connectivity index (χ3n) is 3.06. The fourth-order valence-corrected chi connectivity index (χ4v) is 1.69. The summed E-state index contributed by atoms with van der Waals surface area (Å²) in [6.07, 6.45) is 0.997. The predicted molar refractivity (Wildman–Crippen MR) is 70.5 cm³/mol. The van der Waals surface area contributed by atoms with Crippen molar-refractivity contribution in [3.8, 4) is 0 Å². The van der Waals surface area contributed by atoms with Gasteiger partial charge in [-0.3, -0.25) is 0 Å². The number of carbonyl (C=O) groups is 2. The summed E-state index contributed by atoms with van der Waals surface area (Å²) in [5.41, 5.74) is 11.3. The number of nitrogens with two attached hydrogens (primary N) is 2. The number of hydrogen-bond acceptors (Lipinski definition) is 8. The molecule has 1 saturated carbocycles. The van der Waals surface area contributed by atoms with Gasteiger partial charge in [-0.2, -0.15) is 0 Å². The van der Waals surface area contributed by atoms with Gasteiger partial charge >= 0.3 is 11.9 Å². The second-order valence-electron chi connectivity index (χ2n) is 4.55. The number of ether oxygens (including phenoxy) is 2. The smallest absolute Gasteiger partial charge is 0.338 e. The van der Waals surface area contributed by atoms with E-state index in [0.717, 1.165) is 27.1 Å². The largest absolute Gasteiger partial charge is 0.467 e. The average Bonchev–Trinajstić information content (AvgIpc) is 2.47. The summed E-state index contributed by atoms with van der Waals surface area (Å²) in [6, 6.07) is 0.562. The normalized spacial score (nSPS) is 24.7. The van der Waals surface area contributed by atoms with Gasteiger partial charge in [0.15, 0.2) is 12.2 Å². The van der Waals surface area contributed by atoms with Gasteiger partial charge in [-0.05, 0) is 12.8 Å². The van der Waals surface area contributed by atoms with Crippen LogP contribution in [0.1, 0.15) is 25.7 Å². The number of methoxy groups -OCH3 is 2. The lowest BCUT2D eigenvalue weighted by atomic mass is 9.92. The van der Waals surface area contributed by atoms with Gasteiger partial charge in [-0.25, -0.2) is 9.59 Å². The van der Waals surface area contributed by atoms with Gasteiger partial charge < -0.3 is 31.2 Å². The Morgan fingerprint density at radius 3 is 1.45 bits per heavy atom. The minimum atomic E-state index is -1.90. The third-order valence-corrected chi connectivity index (χ3v) is 3.06. The Hall–Kier alpha value is -1.22. The van der Waals surface area contributed by atoms with Crippen molar-refractivity contribution in [1.82, 2.24) is 0 Å². The van der Waals surface area contributed by atoms with E-state index in [1.165, 1.54) is 12.8 Å². The van der Waals surface area contributed by atoms with E-state index < -0.39 is 24.1 Å². The quantitative estimate of drug-likeness (QED) is 0.449. The predicted octanol–water partition coefficient (Wildman–Crippen LogP) is -1.73. The molecule has 1 aliphatic rings. The third kappa shape index (κ3) is 6.29. The number of esters is 2. The topological polar surface area (TPSA) is 145 Å². The molecule has 1 fully saturated rings. The second-order valence-corrected chi connectivity index (χ2v) is 4.55. The maximum Gasteiger partial charge on any atom is 0.338 e. The van der Waals surface area contributed by atoms with E-state index in [-0.39, 0.29) is 12.1 Å². The van der Waals surface area contributed by atoms with Crippen LogP contribution in [0.2, 0.25) is 0 Å². The van der Waals surface area contributed by atoms with Crippen molar-refractivity contribution >= 4 is 11.9 Å². The molecular formula is C12H24N2O6. The molecule has 0 amide bonds. The van der Waals surface area contributed by atoms with Crippen LogP contribution in [0.4, 0.5) is 0 Å². The highest BCUT2D eigenvalue weighted by atomic mass is 16.6. The van der Waals surface area contributed by atoms with Gasteiger partial charge in [0.2, 0.25) is 0 Å². The van der Waals surface area contributed by atoms with E-state index in [1.807, 2.05) is 0 Å². The van der Waals surface area contributed by atoms with Crippen LogP contribution in [-0.4, -0.2) is 60.7 Å². The Labute approximate surface area is 118 Å². The van der Waals surface area contributed by atoms with E-state index in [0.29, 0.717) is 0 Å². The first-order chi connectivity index (χ1) is 9.34. The Morgan fingerprint density at radius 1 is 0.950 bits per heavy atom. The maximum absolute atomic E-state index is 10.5. The fraction of sp³-hybridized carbons (Fsp3) is 0.833. The molecule has 0 unspecified atom stereocenters. The van der Waals surface area contributed by atoms with Crippen molar-refractivity contribution < 1.29 is 29.3 Å². The van der Waals surface area contributed by atoms with Crippen molar-refractivity contribution in [2.45, 2.75) is 50.0 Å². The van der Waals surface area contributed by atoms with Crippen molar-refractivity contribution in [2.75, 3.05) is 14.2 Å². The molecule has 0 heterocycles. The van der Waals surface area contributed by atoms with Crippen LogP contribution in [0.5, 0.6) is 0 Å². The first-order valence-electron chi connectivity index (χ1n) is 6.38. The number of carbonyl (C=O) groups excluding carboxylic acids is 2. The van der Waals surface area contributed by atoms with Crippen LogP contribution >= 0.6 is 0 Å². The molecule has 0 spiro atoms. The Morgan fingerprint density at radius 2 is 1.25 bits per heavy atom. The molecular weight excluding hydrogens is 268 g/mol. The minimum Gasteiger partial charge on any atom is -0.467 e. The summed E-state index contributed by atoms with van der Waals surface area (Å²) in [5.74, 6) is -2.18. The molecule has 0 radical (unpaired) electrons. The van der Waals surface area contributed by atoms with E-state index >= 15 is 0 Å². The molecule has 6 N–H and O–H groups in total. The van der Waals surface area contributed by atoms with Crippen LogP contribution in [0, 0.1) is 0 Å². The van der Waals surface area contributed by atoms with Gasteiger partial charge in [0, 0.05) is 12.1 Å². The number of rotatable bonds is 3. The second kappa shape index (κ2) is 9.65. The van der Waals surface area contributed by atoms with Gasteiger partial charge in [0.05, 0.1) is 14.2 Å². The van der Waals surface area contributed by atoms with Gasteiger partial charge in [-0.1, -0.05) is 12.8 Å². The van der Waals surface area contributed by atoms with Crippen LogP contribution in [-0.2, 0) is 19.1 Å². The fourth-order valence-electron chi connectivity index (χ4n) is 1.69. The van der Waals surface area contributed by atoms with Crippen LogP contribution in [0.15, 0.2) is 0 Å². The van der Waals surface area contributed by atoms with Gasteiger partial charge in [0.25, 0.3) is 0 Å². The summed E-state index contributed by atoms with van der Waals surface area (Å²) < 4.78 is 8.14. The maximum atomic E-state index is 10.5. The van der Waals surface area contributed by atoms with Crippen molar-refractivity contribution in [1.29, 1.82) is 0 Å². The summed E-state index contributed by atoms with van der Waals surface area (Å²) in [4.78, 5) is 21.1. The number of hydrogen-bond donors (Lipinski definition) is 4. The minimum absolute atomic E-state index is 0.281. The number of aliphatic hydroxyl groups is 2. The summed E-state index contributed by atoms with van der Waals surface area (Å²) in [7, 11) is 2.05. The molecule has 20 heavy (non-hydrogen) atoms. The molecule has 0 aromatic heterocycles. The first kappa shape index (κ1) is 18.8. The molecule has 0 aromatic rings.